The third kappa shape index (κ3) is 4.06. The summed E-state index contributed by atoms with van der Waals surface area (Å²) in [7, 11) is 0. The van der Waals surface area contributed by atoms with Crippen LogP contribution in [0.3, 0.4) is 0 Å². The van der Waals surface area contributed by atoms with Crippen LogP contribution in [-0.2, 0) is 12.0 Å². The Balaban J connectivity index is 1.91. The van der Waals surface area contributed by atoms with Crippen LogP contribution in [0.2, 0.25) is 0 Å². The number of nitrogen functional groups attached to an aromatic ring is 1. The number of nitrogens with one attached hydrogen (secondary N) is 1. The standard InChI is InChI=1S/C15H19BrN2S/c1-15(2,13-6-7-14(16)19-13)10-18-9-11-4-3-5-12(17)8-11/h3-8,18H,9-10,17H2,1-2H3. The van der Waals surface area contributed by atoms with Gasteiger partial charge in [-0.1, -0.05) is 26.0 Å². The molecule has 0 amide bonds. The predicted molar refractivity (Wildman–Crippen MR) is 87.6 cm³/mol. The first-order valence-corrected chi connectivity index (χ1v) is 7.89. The molecular weight excluding hydrogens is 320 g/mol. The number of hydrogen-bond acceptors (Lipinski definition) is 3. The second kappa shape index (κ2) is 6.07. The number of anilines is 1. The molecule has 0 aliphatic carbocycles. The molecule has 0 aliphatic rings. The van der Waals surface area contributed by atoms with E-state index < -0.39 is 0 Å². The summed E-state index contributed by atoms with van der Waals surface area (Å²) < 4.78 is 1.19. The van der Waals surface area contributed by atoms with Crippen LogP contribution in [0.4, 0.5) is 5.69 Å². The molecule has 0 spiro atoms. The summed E-state index contributed by atoms with van der Waals surface area (Å²) in [5.41, 5.74) is 7.96. The lowest BCUT2D eigenvalue weighted by Crippen LogP contribution is -2.31. The molecule has 2 aromatic rings. The molecule has 0 saturated heterocycles. The Labute approximate surface area is 127 Å². The zero-order valence-corrected chi connectivity index (χ0v) is 13.6. The second-order valence-corrected chi connectivity index (χ2v) is 7.80. The van der Waals surface area contributed by atoms with E-state index in [-0.39, 0.29) is 5.41 Å². The normalized spacial score (nSPS) is 11.7. The van der Waals surface area contributed by atoms with Gasteiger partial charge < -0.3 is 11.1 Å². The quantitative estimate of drug-likeness (QED) is 0.803. The van der Waals surface area contributed by atoms with E-state index in [4.69, 9.17) is 5.73 Å². The van der Waals surface area contributed by atoms with Gasteiger partial charge in [0.25, 0.3) is 0 Å². The molecule has 0 aliphatic heterocycles. The summed E-state index contributed by atoms with van der Waals surface area (Å²) in [4.78, 5) is 1.39. The highest BCUT2D eigenvalue weighted by molar-refractivity contribution is 9.11. The summed E-state index contributed by atoms with van der Waals surface area (Å²) >= 11 is 5.32. The average Bonchev–Trinajstić information content (AvgIpc) is 2.76. The highest BCUT2D eigenvalue weighted by Crippen LogP contribution is 2.32. The lowest BCUT2D eigenvalue weighted by molar-refractivity contribution is 0.477. The molecule has 0 radical (unpaired) electrons. The van der Waals surface area contributed by atoms with Crippen molar-refractivity contribution in [2.45, 2.75) is 25.8 Å². The maximum absolute atomic E-state index is 5.78. The Kier molecular flexibility index (Phi) is 4.66. The van der Waals surface area contributed by atoms with Crippen LogP contribution >= 0.6 is 27.3 Å². The van der Waals surface area contributed by atoms with Gasteiger partial charge in [0.05, 0.1) is 3.79 Å². The number of hydrogen-bond donors (Lipinski definition) is 2. The van der Waals surface area contributed by atoms with Gasteiger partial charge >= 0.3 is 0 Å². The van der Waals surface area contributed by atoms with Gasteiger partial charge in [0.2, 0.25) is 0 Å². The fraction of sp³-hybridized carbons (Fsp3) is 0.333. The first kappa shape index (κ1) is 14.6. The van der Waals surface area contributed by atoms with Crippen molar-refractivity contribution >= 4 is 33.0 Å². The third-order valence-corrected chi connectivity index (χ3v) is 5.08. The lowest BCUT2D eigenvalue weighted by Gasteiger charge is -2.23. The summed E-state index contributed by atoms with van der Waals surface area (Å²) in [6.07, 6.45) is 0. The maximum Gasteiger partial charge on any atom is 0.0701 e. The summed E-state index contributed by atoms with van der Waals surface area (Å²) in [5, 5.41) is 3.51. The van der Waals surface area contributed by atoms with Gasteiger partial charge in [0.15, 0.2) is 0 Å². The van der Waals surface area contributed by atoms with E-state index in [1.54, 1.807) is 11.3 Å². The first-order valence-electron chi connectivity index (χ1n) is 6.28. The van der Waals surface area contributed by atoms with Crippen LogP contribution in [0.25, 0.3) is 0 Å². The van der Waals surface area contributed by atoms with Crippen LogP contribution in [0.5, 0.6) is 0 Å². The SMILES string of the molecule is CC(C)(CNCc1cccc(N)c1)c1ccc(Br)s1. The number of rotatable bonds is 5. The number of halogens is 1. The van der Waals surface area contributed by atoms with E-state index >= 15 is 0 Å². The minimum absolute atomic E-state index is 0.136. The van der Waals surface area contributed by atoms with Crippen molar-refractivity contribution in [3.8, 4) is 0 Å². The monoisotopic (exact) mass is 338 g/mol. The zero-order chi connectivity index (χ0) is 13.9. The van der Waals surface area contributed by atoms with E-state index in [1.165, 1.54) is 14.2 Å². The maximum atomic E-state index is 5.78. The van der Waals surface area contributed by atoms with Crippen molar-refractivity contribution in [3.05, 3.63) is 50.6 Å². The van der Waals surface area contributed by atoms with Crippen LogP contribution < -0.4 is 11.1 Å². The largest absolute Gasteiger partial charge is 0.399 e. The lowest BCUT2D eigenvalue weighted by atomic mass is 9.91. The van der Waals surface area contributed by atoms with Gasteiger partial charge in [-0.15, -0.1) is 11.3 Å². The molecule has 2 nitrogen and oxygen atoms in total. The van der Waals surface area contributed by atoms with Crippen molar-refractivity contribution in [2.24, 2.45) is 0 Å². The molecule has 0 bridgehead atoms. The molecule has 1 aromatic heterocycles. The molecule has 102 valence electrons. The van der Waals surface area contributed by atoms with Gasteiger partial charge in [-0.05, 0) is 45.8 Å². The van der Waals surface area contributed by atoms with Gasteiger partial charge in [-0.25, -0.2) is 0 Å². The van der Waals surface area contributed by atoms with Crippen LogP contribution in [0.1, 0.15) is 24.3 Å². The highest BCUT2D eigenvalue weighted by Gasteiger charge is 2.21. The Morgan fingerprint density at radius 3 is 2.68 bits per heavy atom. The average molecular weight is 339 g/mol. The van der Waals surface area contributed by atoms with Gasteiger partial charge in [0, 0.05) is 29.1 Å². The highest BCUT2D eigenvalue weighted by atomic mass is 79.9. The van der Waals surface area contributed by atoms with Gasteiger partial charge in [0.1, 0.15) is 0 Å². The first-order chi connectivity index (χ1) is 8.97. The molecule has 0 fully saturated rings. The predicted octanol–water partition coefficient (Wildman–Crippen LogP) is 4.16. The summed E-state index contributed by atoms with van der Waals surface area (Å²) in [6, 6.07) is 12.3. The van der Waals surface area contributed by atoms with Crippen LogP contribution in [0, 0.1) is 0 Å². The van der Waals surface area contributed by atoms with Crippen molar-refractivity contribution < 1.29 is 0 Å². The fourth-order valence-electron chi connectivity index (χ4n) is 1.99. The molecule has 1 heterocycles. The van der Waals surface area contributed by atoms with E-state index in [9.17, 15) is 0 Å². The number of benzene rings is 1. The van der Waals surface area contributed by atoms with Gasteiger partial charge in [-0.2, -0.15) is 0 Å². The summed E-state index contributed by atoms with van der Waals surface area (Å²) in [5.74, 6) is 0. The van der Waals surface area contributed by atoms with E-state index in [0.29, 0.717) is 0 Å². The molecule has 0 saturated carbocycles. The van der Waals surface area contributed by atoms with Crippen molar-refractivity contribution in [2.75, 3.05) is 12.3 Å². The Morgan fingerprint density at radius 2 is 2.05 bits per heavy atom. The minimum Gasteiger partial charge on any atom is -0.399 e. The summed E-state index contributed by atoms with van der Waals surface area (Å²) in [6.45, 7) is 6.31. The third-order valence-electron chi connectivity index (χ3n) is 3.09. The molecule has 4 heteroatoms. The molecular formula is C15H19BrN2S. The topological polar surface area (TPSA) is 38.0 Å². The molecule has 2 rings (SSSR count). The number of nitrogens with two attached hydrogens (primary N) is 1. The smallest absolute Gasteiger partial charge is 0.0701 e. The van der Waals surface area contributed by atoms with E-state index in [1.807, 2.05) is 18.2 Å². The van der Waals surface area contributed by atoms with E-state index in [0.717, 1.165) is 18.8 Å². The zero-order valence-electron chi connectivity index (χ0n) is 11.2. The molecule has 3 N–H and O–H groups in total. The molecule has 0 atom stereocenters. The number of thiophene rings is 1. The minimum atomic E-state index is 0.136. The van der Waals surface area contributed by atoms with Crippen LogP contribution in [-0.4, -0.2) is 6.54 Å². The Morgan fingerprint density at radius 1 is 1.26 bits per heavy atom. The van der Waals surface area contributed by atoms with Gasteiger partial charge in [-0.3, -0.25) is 0 Å². The van der Waals surface area contributed by atoms with Crippen molar-refractivity contribution in [3.63, 3.8) is 0 Å². The Bertz CT molecular complexity index is 549. The molecule has 0 unspecified atom stereocenters. The van der Waals surface area contributed by atoms with Crippen molar-refractivity contribution in [1.82, 2.24) is 5.32 Å². The Hall–Kier alpha value is -0.840. The fourth-order valence-corrected chi connectivity index (χ4v) is 3.47. The van der Waals surface area contributed by atoms with E-state index in [2.05, 4.69) is 53.3 Å². The van der Waals surface area contributed by atoms with Crippen molar-refractivity contribution in [1.29, 1.82) is 0 Å². The second-order valence-electron chi connectivity index (χ2n) is 5.34. The molecule has 1 aromatic carbocycles. The van der Waals surface area contributed by atoms with Crippen LogP contribution in [0.15, 0.2) is 40.2 Å². The molecule has 19 heavy (non-hydrogen) atoms.